The Bertz CT molecular complexity index is 1460. The lowest BCUT2D eigenvalue weighted by Gasteiger charge is -2.24. The number of hydrogen-bond acceptors (Lipinski definition) is 5. The monoisotopic (exact) mass is 477 g/mol. The number of rotatable bonds is 3. The summed E-state index contributed by atoms with van der Waals surface area (Å²) in [7, 11) is 0. The van der Waals surface area contributed by atoms with Crippen molar-refractivity contribution in [2.24, 2.45) is 0 Å². The molecule has 0 N–H and O–H groups in total. The molecule has 1 amide bonds. The lowest BCUT2D eigenvalue weighted by atomic mass is 10.1. The van der Waals surface area contributed by atoms with Crippen molar-refractivity contribution in [1.29, 1.82) is 0 Å². The summed E-state index contributed by atoms with van der Waals surface area (Å²) in [6.07, 6.45) is 2.66. The molecule has 7 nitrogen and oxygen atoms in total. The van der Waals surface area contributed by atoms with Gasteiger partial charge in [-0.25, -0.2) is 9.67 Å². The van der Waals surface area contributed by atoms with Crippen LogP contribution in [0.25, 0.3) is 16.7 Å². The number of carbonyl (C=O) groups excluding carboxylic acids is 1. The second kappa shape index (κ2) is 7.74. The number of anilines is 1. The smallest absolute Gasteiger partial charge is 0.265 e. The number of fused-ring (bicyclic) bond motifs is 3. The van der Waals surface area contributed by atoms with Crippen molar-refractivity contribution in [3.8, 4) is 5.69 Å². The van der Waals surface area contributed by atoms with Crippen LogP contribution >= 0.6 is 23.4 Å². The highest BCUT2D eigenvalue weighted by molar-refractivity contribution is 7.99. The summed E-state index contributed by atoms with van der Waals surface area (Å²) >= 11 is 7.51. The lowest BCUT2D eigenvalue weighted by molar-refractivity contribution is -0.119. The van der Waals surface area contributed by atoms with Crippen LogP contribution in [0.5, 0.6) is 0 Å². The third kappa shape index (κ3) is 3.28. The van der Waals surface area contributed by atoms with Crippen LogP contribution in [-0.2, 0) is 11.2 Å². The standard InChI is InChI=1S/C24H20ClN5O2S/c1-14-10-15-4-2-3-5-20(15)28(14)21(31)11-18-13-33-24-27-22-19(23(32)29(18)24)12-26-30(22)17-8-6-16(25)7-9-17/h2-9,12,14,18H,10-11,13H2,1H3. The normalized spacial score (nSPS) is 19.2. The molecule has 0 radical (unpaired) electrons. The zero-order chi connectivity index (χ0) is 22.7. The topological polar surface area (TPSA) is 73.0 Å². The van der Waals surface area contributed by atoms with Gasteiger partial charge < -0.3 is 4.90 Å². The van der Waals surface area contributed by atoms with E-state index in [9.17, 15) is 9.59 Å². The van der Waals surface area contributed by atoms with Gasteiger partial charge in [0.15, 0.2) is 10.8 Å². The van der Waals surface area contributed by atoms with Crippen molar-refractivity contribution >= 4 is 46.0 Å². The highest BCUT2D eigenvalue weighted by Crippen LogP contribution is 2.37. The summed E-state index contributed by atoms with van der Waals surface area (Å²) in [6, 6.07) is 15.1. The number of carbonyl (C=O) groups is 1. The minimum Gasteiger partial charge on any atom is -0.309 e. The molecule has 0 saturated carbocycles. The lowest BCUT2D eigenvalue weighted by Crippen LogP contribution is -2.38. The van der Waals surface area contributed by atoms with Gasteiger partial charge in [0.25, 0.3) is 5.56 Å². The summed E-state index contributed by atoms with van der Waals surface area (Å²) in [6.45, 7) is 2.07. The molecular weight excluding hydrogens is 458 g/mol. The summed E-state index contributed by atoms with van der Waals surface area (Å²) in [5, 5.41) is 6.08. The molecule has 6 rings (SSSR count). The molecule has 4 aromatic rings. The van der Waals surface area contributed by atoms with E-state index in [4.69, 9.17) is 16.6 Å². The average molecular weight is 478 g/mol. The first-order valence-electron chi connectivity index (χ1n) is 10.8. The second-order valence-electron chi connectivity index (χ2n) is 8.45. The second-order valence-corrected chi connectivity index (χ2v) is 9.88. The van der Waals surface area contributed by atoms with Gasteiger partial charge in [-0.1, -0.05) is 41.6 Å². The summed E-state index contributed by atoms with van der Waals surface area (Å²) in [4.78, 5) is 33.4. The van der Waals surface area contributed by atoms with E-state index >= 15 is 0 Å². The SMILES string of the molecule is CC1Cc2ccccc2N1C(=O)CC1CSc2nc3c(cnn3-c3ccc(Cl)cc3)c(=O)n21. The number of nitrogens with zero attached hydrogens (tertiary/aromatic N) is 5. The van der Waals surface area contributed by atoms with E-state index < -0.39 is 0 Å². The molecule has 33 heavy (non-hydrogen) atoms. The van der Waals surface area contributed by atoms with E-state index in [-0.39, 0.29) is 30.0 Å². The van der Waals surface area contributed by atoms with Crippen LogP contribution in [0, 0.1) is 0 Å². The number of benzene rings is 2. The molecule has 2 aliphatic heterocycles. The van der Waals surface area contributed by atoms with Crippen molar-refractivity contribution < 1.29 is 4.79 Å². The molecule has 0 fully saturated rings. The molecule has 166 valence electrons. The number of aromatic nitrogens is 4. The first kappa shape index (κ1) is 20.5. The Kier molecular flexibility index (Phi) is 4.81. The third-order valence-corrected chi connectivity index (χ3v) is 7.68. The maximum Gasteiger partial charge on any atom is 0.265 e. The van der Waals surface area contributed by atoms with Crippen molar-refractivity contribution in [2.75, 3.05) is 10.7 Å². The van der Waals surface area contributed by atoms with Gasteiger partial charge in [-0.05, 0) is 49.2 Å². The molecule has 2 atom stereocenters. The van der Waals surface area contributed by atoms with Gasteiger partial charge in [0, 0.05) is 28.9 Å². The predicted octanol–water partition coefficient (Wildman–Crippen LogP) is 4.25. The molecule has 0 spiro atoms. The molecule has 2 aliphatic rings. The highest BCUT2D eigenvalue weighted by atomic mass is 35.5. The van der Waals surface area contributed by atoms with E-state index in [0.29, 0.717) is 27.0 Å². The Morgan fingerprint density at radius 2 is 1.97 bits per heavy atom. The molecule has 9 heteroatoms. The number of amides is 1. The molecule has 2 unspecified atom stereocenters. The van der Waals surface area contributed by atoms with Crippen LogP contribution in [-0.4, -0.2) is 37.0 Å². The first-order valence-corrected chi connectivity index (χ1v) is 12.2. The van der Waals surface area contributed by atoms with Crippen molar-refractivity contribution in [2.45, 2.75) is 37.0 Å². The minimum atomic E-state index is -0.235. The Morgan fingerprint density at radius 3 is 2.79 bits per heavy atom. The summed E-state index contributed by atoms with van der Waals surface area (Å²) in [5.41, 5.74) is 3.30. The molecule has 0 aliphatic carbocycles. The number of thioether (sulfide) groups is 1. The Hall–Kier alpha value is -3.10. The fraction of sp³-hybridized carbons (Fsp3) is 0.250. The van der Waals surface area contributed by atoms with Gasteiger partial charge in [0.05, 0.1) is 17.9 Å². The quantitative estimate of drug-likeness (QED) is 0.412. The zero-order valence-corrected chi connectivity index (χ0v) is 19.4. The number of halogens is 1. The zero-order valence-electron chi connectivity index (χ0n) is 17.8. The highest BCUT2D eigenvalue weighted by Gasteiger charge is 2.35. The van der Waals surface area contributed by atoms with E-state index in [1.165, 1.54) is 17.3 Å². The minimum absolute atomic E-state index is 0.0368. The molecular formula is C24H20ClN5O2S. The van der Waals surface area contributed by atoms with Gasteiger partial charge in [0.2, 0.25) is 5.91 Å². The Morgan fingerprint density at radius 1 is 1.18 bits per heavy atom. The maximum absolute atomic E-state index is 13.4. The summed E-state index contributed by atoms with van der Waals surface area (Å²) in [5.74, 6) is 0.675. The van der Waals surface area contributed by atoms with Gasteiger partial charge in [-0.15, -0.1) is 0 Å². The van der Waals surface area contributed by atoms with Crippen molar-refractivity contribution in [3.63, 3.8) is 0 Å². The molecule has 2 aromatic heterocycles. The predicted molar refractivity (Wildman–Crippen MR) is 130 cm³/mol. The van der Waals surface area contributed by atoms with E-state index in [1.807, 2.05) is 35.2 Å². The van der Waals surface area contributed by atoms with Crippen LogP contribution in [0.4, 0.5) is 5.69 Å². The number of hydrogen-bond donors (Lipinski definition) is 0. The van der Waals surface area contributed by atoms with Gasteiger partial charge >= 0.3 is 0 Å². The third-order valence-electron chi connectivity index (χ3n) is 6.33. The van der Waals surface area contributed by atoms with E-state index in [1.54, 1.807) is 27.6 Å². The van der Waals surface area contributed by atoms with Crippen LogP contribution in [0.2, 0.25) is 5.02 Å². The van der Waals surface area contributed by atoms with Gasteiger partial charge in [0.1, 0.15) is 5.39 Å². The molecule has 4 heterocycles. The molecule has 2 aromatic carbocycles. The van der Waals surface area contributed by atoms with E-state index in [0.717, 1.165) is 17.8 Å². The molecule has 0 bridgehead atoms. The fourth-order valence-electron chi connectivity index (χ4n) is 4.80. The van der Waals surface area contributed by atoms with Crippen molar-refractivity contribution in [3.05, 3.63) is 75.7 Å². The first-order chi connectivity index (χ1) is 16.0. The van der Waals surface area contributed by atoms with Gasteiger partial charge in [-0.3, -0.25) is 14.2 Å². The van der Waals surface area contributed by atoms with Gasteiger partial charge in [-0.2, -0.15) is 5.10 Å². The average Bonchev–Trinajstić information content (AvgIpc) is 3.49. The number of para-hydroxylation sites is 1. The molecule has 0 saturated heterocycles. The van der Waals surface area contributed by atoms with E-state index in [2.05, 4.69) is 18.1 Å². The van der Waals surface area contributed by atoms with Crippen LogP contribution in [0.3, 0.4) is 0 Å². The van der Waals surface area contributed by atoms with Crippen molar-refractivity contribution in [1.82, 2.24) is 19.3 Å². The maximum atomic E-state index is 13.4. The Balaban J connectivity index is 1.34. The van der Waals surface area contributed by atoms with Crippen LogP contribution < -0.4 is 10.5 Å². The Labute approximate surface area is 199 Å². The largest absolute Gasteiger partial charge is 0.309 e. The summed E-state index contributed by atoms with van der Waals surface area (Å²) < 4.78 is 3.32. The van der Waals surface area contributed by atoms with Crippen LogP contribution in [0.15, 0.2) is 64.7 Å². The van der Waals surface area contributed by atoms with Crippen LogP contribution in [0.1, 0.15) is 24.9 Å². The fourth-order valence-corrected chi connectivity index (χ4v) is 6.05.